The summed E-state index contributed by atoms with van der Waals surface area (Å²) in [5.74, 6) is -0.219. The molecule has 21 heavy (non-hydrogen) atoms. The molecule has 1 aromatic rings. The average Bonchev–Trinajstić information content (AvgIpc) is 2.97. The number of hydrogen-bond donors (Lipinski definition) is 1. The predicted octanol–water partition coefficient (Wildman–Crippen LogP) is 3.97. The second-order valence-corrected chi connectivity index (χ2v) is 7.99. The van der Waals surface area contributed by atoms with Gasteiger partial charge in [0.15, 0.2) is 5.13 Å². The molecule has 0 radical (unpaired) electrons. The van der Waals surface area contributed by atoms with E-state index < -0.39 is 5.41 Å². The predicted molar refractivity (Wildman–Crippen MR) is 86.8 cm³/mol. The number of anilines is 1. The summed E-state index contributed by atoms with van der Waals surface area (Å²) in [5.41, 5.74) is 0.509. The number of thiazole rings is 1. The Morgan fingerprint density at radius 1 is 1.57 bits per heavy atom. The third kappa shape index (κ3) is 3.76. The third-order valence-electron chi connectivity index (χ3n) is 4.23. The van der Waals surface area contributed by atoms with Crippen LogP contribution >= 0.6 is 11.3 Å². The molecule has 0 aliphatic heterocycles. The van der Waals surface area contributed by atoms with Gasteiger partial charge in [-0.25, -0.2) is 4.98 Å². The van der Waals surface area contributed by atoms with E-state index in [1.54, 1.807) is 11.3 Å². The summed E-state index contributed by atoms with van der Waals surface area (Å²) in [4.78, 5) is 16.6. The van der Waals surface area contributed by atoms with Crippen LogP contribution < -0.4 is 5.32 Å². The first-order valence-corrected chi connectivity index (χ1v) is 8.52. The molecule has 0 spiro atoms. The molecule has 0 amide bonds. The molecule has 4 nitrogen and oxygen atoms in total. The summed E-state index contributed by atoms with van der Waals surface area (Å²) in [6, 6.07) is 0.490. The number of rotatable bonds is 5. The van der Waals surface area contributed by atoms with Gasteiger partial charge in [-0.3, -0.25) is 4.79 Å². The molecule has 1 unspecified atom stereocenters. The molecule has 2 rings (SSSR count). The van der Waals surface area contributed by atoms with Crippen LogP contribution in [0.5, 0.6) is 0 Å². The molecule has 1 aromatic heterocycles. The van der Waals surface area contributed by atoms with Crippen molar-refractivity contribution in [2.24, 2.45) is 5.41 Å². The maximum absolute atomic E-state index is 12.0. The molecular weight excluding hydrogens is 284 g/mol. The number of carbonyl (C=O) groups excluding carboxylic acids is 1. The van der Waals surface area contributed by atoms with Crippen LogP contribution in [-0.4, -0.2) is 23.6 Å². The molecule has 1 N–H and O–H groups in total. The Morgan fingerprint density at radius 2 is 2.29 bits per heavy atom. The van der Waals surface area contributed by atoms with Gasteiger partial charge in [-0.15, -0.1) is 11.3 Å². The Bertz CT molecular complexity index is 508. The summed E-state index contributed by atoms with van der Waals surface area (Å²) in [5, 5.41) is 6.38. The highest BCUT2D eigenvalue weighted by Crippen LogP contribution is 2.39. The summed E-state index contributed by atoms with van der Waals surface area (Å²) in [6.45, 7) is 10.6. The van der Waals surface area contributed by atoms with Crippen LogP contribution in [0.25, 0.3) is 0 Å². The maximum Gasteiger partial charge on any atom is 0.317 e. The standard InChI is InChI=1S/C16H26N2O2S/c1-6-20-13(19)16(4,5)12-10-21-14(18-12)17-11-7-8-15(2,3)9-11/h10-11H,6-9H2,1-5H3,(H,17,18). The lowest BCUT2D eigenvalue weighted by molar-refractivity contribution is -0.148. The highest BCUT2D eigenvalue weighted by atomic mass is 32.1. The first-order chi connectivity index (χ1) is 9.74. The molecule has 1 aliphatic rings. The quantitative estimate of drug-likeness (QED) is 0.836. The van der Waals surface area contributed by atoms with Gasteiger partial charge in [0.25, 0.3) is 0 Å². The summed E-state index contributed by atoms with van der Waals surface area (Å²) in [6.07, 6.45) is 3.60. The lowest BCUT2D eigenvalue weighted by Crippen LogP contribution is -2.31. The first-order valence-electron chi connectivity index (χ1n) is 7.64. The minimum atomic E-state index is -0.693. The third-order valence-corrected chi connectivity index (χ3v) is 5.00. The number of ether oxygens (including phenoxy) is 1. The van der Waals surface area contributed by atoms with Gasteiger partial charge in [-0.05, 0) is 45.4 Å². The SMILES string of the molecule is CCOC(=O)C(C)(C)c1csc(NC2CCC(C)(C)C2)n1. The fourth-order valence-electron chi connectivity index (χ4n) is 2.78. The number of nitrogens with one attached hydrogen (secondary N) is 1. The molecule has 1 fully saturated rings. The molecule has 5 heteroatoms. The van der Waals surface area contributed by atoms with Crippen molar-refractivity contribution in [3.05, 3.63) is 11.1 Å². The normalized spacial score (nSPS) is 21.3. The maximum atomic E-state index is 12.0. The molecule has 1 atom stereocenters. The van der Waals surface area contributed by atoms with Gasteiger partial charge in [0.2, 0.25) is 0 Å². The van der Waals surface area contributed by atoms with Crippen LogP contribution in [0.2, 0.25) is 0 Å². The fourth-order valence-corrected chi connectivity index (χ4v) is 3.73. The zero-order valence-corrected chi connectivity index (χ0v) is 14.5. The Balaban J connectivity index is 2.03. The van der Waals surface area contributed by atoms with Crippen molar-refractivity contribution in [3.63, 3.8) is 0 Å². The number of nitrogens with zero attached hydrogens (tertiary/aromatic N) is 1. The fraction of sp³-hybridized carbons (Fsp3) is 0.750. The van der Waals surface area contributed by atoms with Crippen LogP contribution in [0, 0.1) is 5.41 Å². The Labute approximate surface area is 131 Å². The van der Waals surface area contributed by atoms with E-state index in [4.69, 9.17) is 4.74 Å². The van der Waals surface area contributed by atoms with Crippen molar-refractivity contribution < 1.29 is 9.53 Å². The van der Waals surface area contributed by atoms with Gasteiger partial charge < -0.3 is 10.1 Å². The average molecular weight is 310 g/mol. The summed E-state index contributed by atoms with van der Waals surface area (Å²) >= 11 is 1.57. The Morgan fingerprint density at radius 3 is 2.86 bits per heavy atom. The van der Waals surface area contributed by atoms with Gasteiger partial charge in [0.05, 0.1) is 12.3 Å². The van der Waals surface area contributed by atoms with E-state index in [0.717, 1.165) is 10.8 Å². The number of carbonyl (C=O) groups is 1. The lowest BCUT2D eigenvalue weighted by Gasteiger charge is -2.20. The van der Waals surface area contributed by atoms with Crippen LogP contribution in [0.4, 0.5) is 5.13 Å². The van der Waals surface area contributed by atoms with Gasteiger partial charge in [0.1, 0.15) is 5.41 Å². The smallest absolute Gasteiger partial charge is 0.317 e. The monoisotopic (exact) mass is 310 g/mol. The molecule has 0 bridgehead atoms. The van der Waals surface area contributed by atoms with Crippen molar-refractivity contribution in [3.8, 4) is 0 Å². The molecule has 0 aromatic carbocycles. The van der Waals surface area contributed by atoms with Gasteiger partial charge in [-0.2, -0.15) is 0 Å². The second kappa shape index (κ2) is 5.95. The highest BCUT2D eigenvalue weighted by molar-refractivity contribution is 7.13. The van der Waals surface area contributed by atoms with Gasteiger partial charge >= 0.3 is 5.97 Å². The first kappa shape index (κ1) is 16.3. The minimum Gasteiger partial charge on any atom is -0.465 e. The molecule has 1 heterocycles. The van der Waals surface area contributed by atoms with Gasteiger partial charge in [0, 0.05) is 11.4 Å². The minimum absolute atomic E-state index is 0.219. The van der Waals surface area contributed by atoms with E-state index in [0.29, 0.717) is 18.1 Å². The van der Waals surface area contributed by atoms with E-state index in [2.05, 4.69) is 24.1 Å². The van der Waals surface area contributed by atoms with Crippen LogP contribution in [0.15, 0.2) is 5.38 Å². The highest BCUT2D eigenvalue weighted by Gasteiger charge is 2.35. The lowest BCUT2D eigenvalue weighted by atomic mass is 9.90. The molecular formula is C16H26N2O2S. The van der Waals surface area contributed by atoms with Crippen molar-refractivity contribution in [1.29, 1.82) is 0 Å². The number of hydrogen-bond acceptors (Lipinski definition) is 5. The van der Waals surface area contributed by atoms with E-state index in [-0.39, 0.29) is 5.97 Å². The van der Waals surface area contributed by atoms with E-state index in [1.165, 1.54) is 19.3 Å². The van der Waals surface area contributed by atoms with Crippen molar-refractivity contribution in [1.82, 2.24) is 4.98 Å². The Kier molecular flexibility index (Phi) is 4.61. The molecule has 1 saturated carbocycles. The Hall–Kier alpha value is -1.10. The van der Waals surface area contributed by atoms with Crippen molar-refractivity contribution in [2.45, 2.75) is 65.3 Å². The molecule has 118 valence electrons. The zero-order chi connectivity index (χ0) is 15.7. The van der Waals surface area contributed by atoms with Crippen LogP contribution in [0.3, 0.4) is 0 Å². The van der Waals surface area contributed by atoms with Crippen molar-refractivity contribution in [2.75, 3.05) is 11.9 Å². The largest absolute Gasteiger partial charge is 0.465 e. The van der Waals surface area contributed by atoms with Crippen LogP contribution in [-0.2, 0) is 14.9 Å². The summed E-state index contributed by atoms with van der Waals surface area (Å²) < 4.78 is 5.14. The number of esters is 1. The van der Waals surface area contributed by atoms with Gasteiger partial charge in [-0.1, -0.05) is 13.8 Å². The van der Waals surface area contributed by atoms with E-state index >= 15 is 0 Å². The second-order valence-electron chi connectivity index (χ2n) is 7.13. The number of aromatic nitrogens is 1. The molecule has 0 saturated heterocycles. The summed E-state index contributed by atoms with van der Waals surface area (Å²) in [7, 11) is 0. The van der Waals surface area contributed by atoms with E-state index in [9.17, 15) is 4.79 Å². The molecule has 1 aliphatic carbocycles. The topological polar surface area (TPSA) is 51.2 Å². The van der Waals surface area contributed by atoms with Crippen molar-refractivity contribution >= 4 is 22.4 Å². The zero-order valence-electron chi connectivity index (χ0n) is 13.7. The van der Waals surface area contributed by atoms with E-state index in [1.807, 2.05) is 26.2 Å². The van der Waals surface area contributed by atoms with Crippen LogP contribution in [0.1, 0.15) is 59.6 Å².